The van der Waals surface area contributed by atoms with Gasteiger partial charge in [-0.1, -0.05) is 6.92 Å². The largest absolute Gasteiger partial charge is 0.488 e. The third kappa shape index (κ3) is 4.35. The highest BCUT2D eigenvalue weighted by Gasteiger charge is 2.22. The van der Waals surface area contributed by atoms with Crippen LogP contribution in [0.15, 0.2) is 12.1 Å². The predicted octanol–water partition coefficient (Wildman–Crippen LogP) is 1.40. The van der Waals surface area contributed by atoms with Gasteiger partial charge in [-0.3, -0.25) is 14.9 Å². The molecule has 0 aliphatic heterocycles. The third-order valence-electron chi connectivity index (χ3n) is 2.54. The number of halogens is 2. The Kier molecular flexibility index (Phi) is 5.97. The van der Waals surface area contributed by atoms with Gasteiger partial charge in [-0.15, -0.1) is 0 Å². The number of likely N-dealkylation sites (N-methyl/N-ethyl adjacent to an activating group) is 1. The first-order valence-electron chi connectivity index (χ1n) is 5.98. The van der Waals surface area contributed by atoms with Crippen LogP contribution in [0.25, 0.3) is 0 Å². The molecule has 0 radical (unpaired) electrons. The zero-order valence-corrected chi connectivity index (χ0v) is 11.4. The summed E-state index contributed by atoms with van der Waals surface area (Å²) in [4.78, 5) is 20.8. The average Bonchev–Trinajstić information content (AvgIpc) is 2.45. The fourth-order valence-corrected chi connectivity index (χ4v) is 1.54. The molecule has 0 aromatic heterocycles. The van der Waals surface area contributed by atoms with Gasteiger partial charge in [0.2, 0.25) is 5.82 Å². The molecule has 0 aliphatic rings. The van der Waals surface area contributed by atoms with Crippen LogP contribution in [0.5, 0.6) is 5.75 Å². The molecule has 0 bridgehead atoms. The van der Waals surface area contributed by atoms with Crippen molar-refractivity contribution < 1.29 is 28.0 Å². The number of hydrogen-bond acceptors (Lipinski definition) is 6. The summed E-state index contributed by atoms with van der Waals surface area (Å²) in [6.45, 7) is 1.86. The molecule has 1 N–H and O–H groups in total. The second-order valence-corrected chi connectivity index (χ2v) is 3.94. The standard InChI is InChI=1S/C12H14F2N2O5/c1-3-15-9(12(17)20-2)6-21-11-5-7(13)10(16(18)19)4-8(11)14/h4-5,9,15H,3,6H2,1-2H3. The van der Waals surface area contributed by atoms with Gasteiger partial charge in [-0.2, -0.15) is 4.39 Å². The van der Waals surface area contributed by atoms with E-state index in [-0.39, 0.29) is 6.61 Å². The summed E-state index contributed by atoms with van der Waals surface area (Å²) in [6, 6.07) is 0.122. The van der Waals surface area contributed by atoms with Gasteiger partial charge in [0.15, 0.2) is 11.6 Å². The summed E-state index contributed by atoms with van der Waals surface area (Å²) in [5, 5.41) is 13.2. The van der Waals surface area contributed by atoms with Crippen molar-refractivity contribution in [2.24, 2.45) is 0 Å². The minimum absolute atomic E-state index is 0.311. The van der Waals surface area contributed by atoms with E-state index in [9.17, 15) is 23.7 Å². The Morgan fingerprint density at radius 1 is 1.43 bits per heavy atom. The second-order valence-electron chi connectivity index (χ2n) is 3.94. The van der Waals surface area contributed by atoms with E-state index < -0.39 is 40.0 Å². The van der Waals surface area contributed by atoms with Crippen LogP contribution in [0.4, 0.5) is 14.5 Å². The highest BCUT2D eigenvalue weighted by molar-refractivity contribution is 5.75. The highest BCUT2D eigenvalue weighted by Crippen LogP contribution is 2.26. The molecule has 9 heteroatoms. The predicted molar refractivity (Wildman–Crippen MR) is 68.0 cm³/mol. The Morgan fingerprint density at radius 3 is 2.62 bits per heavy atom. The maximum atomic E-state index is 13.6. The SMILES string of the molecule is CCNC(COc1cc(F)c([N+](=O)[O-])cc1F)C(=O)OC. The molecule has 0 heterocycles. The molecule has 1 rings (SSSR count). The molecule has 1 aromatic rings. The number of benzene rings is 1. The summed E-state index contributed by atoms with van der Waals surface area (Å²) < 4.78 is 36.5. The molecular formula is C12H14F2N2O5. The molecular weight excluding hydrogens is 290 g/mol. The third-order valence-corrected chi connectivity index (χ3v) is 2.54. The lowest BCUT2D eigenvalue weighted by atomic mass is 10.2. The van der Waals surface area contributed by atoms with Gasteiger partial charge in [-0.05, 0) is 6.54 Å². The Balaban J connectivity index is 2.85. The molecule has 1 unspecified atom stereocenters. The van der Waals surface area contributed by atoms with Crippen LogP contribution in [0.1, 0.15) is 6.92 Å². The summed E-state index contributed by atoms with van der Waals surface area (Å²) in [5.74, 6) is -3.47. The van der Waals surface area contributed by atoms with Gasteiger partial charge in [0.05, 0.1) is 18.1 Å². The second kappa shape index (κ2) is 7.48. The fourth-order valence-electron chi connectivity index (χ4n) is 1.54. The van der Waals surface area contributed by atoms with E-state index in [1.807, 2.05) is 0 Å². The van der Waals surface area contributed by atoms with Gasteiger partial charge in [-0.25, -0.2) is 4.39 Å². The number of rotatable bonds is 7. The normalized spacial score (nSPS) is 11.8. The molecule has 0 spiro atoms. The van der Waals surface area contributed by atoms with Gasteiger partial charge >= 0.3 is 11.7 Å². The van der Waals surface area contributed by atoms with Gasteiger partial charge < -0.3 is 14.8 Å². The van der Waals surface area contributed by atoms with Crippen molar-refractivity contribution in [2.75, 3.05) is 20.3 Å². The maximum absolute atomic E-state index is 13.6. The molecule has 7 nitrogen and oxygen atoms in total. The van der Waals surface area contributed by atoms with E-state index in [2.05, 4.69) is 10.1 Å². The van der Waals surface area contributed by atoms with E-state index in [0.29, 0.717) is 18.7 Å². The smallest absolute Gasteiger partial charge is 0.326 e. The zero-order chi connectivity index (χ0) is 16.0. The van der Waals surface area contributed by atoms with Gasteiger partial charge in [0.1, 0.15) is 12.6 Å². The average molecular weight is 304 g/mol. The number of nitro groups is 1. The first-order valence-corrected chi connectivity index (χ1v) is 5.98. The van der Waals surface area contributed by atoms with Gasteiger partial charge in [0, 0.05) is 6.07 Å². The number of nitro benzene ring substituents is 1. The summed E-state index contributed by atoms with van der Waals surface area (Å²) in [5.41, 5.74) is -0.990. The summed E-state index contributed by atoms with van der Waals surface area (Å²) >= 11 is 0. The van der Waals surface area contributed by atoms with Crippen molar-refractivity contribution in [3.05, 3.63) is 33.9 Å². The van der Waals surface area contributed by atoms with E-state index in [1.165, 1.54) is 7.11 Å². The summed E-state index contributed by atoms with van der Waals surface area (Å²) in [6.07, 6.45) is 0. The van der Waals surface area contributed by atoms with E-state index >= 15 is 0 Å². The number of methoxy groups -OCH3 is 1. The number of ether oxygens (including phenoxy) is 2. The first kappa shape index (κ1) is 16.8. The van der Waals surface area contributed by atoms with Crippen LogP contribution < -0.4 is 10.1 Å². The molecule has 116 valence electrons. The molecule has 0 saturated carbocycles. The van der Waals surface area contributed by atoms with Crippen LogP contribution >= 0.6 is 0 Å². The lowest BCUT2D eigenvalue weighted by Gasteiger charge is -2.16. The van der Waals surface area contributed by atoms with Crippen LogP contribution in [0.3, 0.4) is 0 Å². The minimum Gasteiger partial charge on any atom is -0.488 e. The number of esters is 1. The van der Waals surface area contributed by atoms with Crippen LogP contribution in [-0.2, 0) is 9.53 Å². The number of carbonyl (C=O) groups is 1. The Hall–Kier alpha value is -2.29. The number of carbonyl (C=O) groups excluding carboxylic acids is 1. The lowest BCUT2D eigenvalue weighted by molar-refractivity contribution is -0.387. The van der Waals surface area contributed by atoms with Gasteiger partial charge in [0.25, 0.3) is 0 Å². The molecule has 21 heavy (non-hydrogen) atoms. The number of nitrogens with one attached hydrogen (secondary N) is 1. The van der Waals surface area contributed by atoms with E-state index in [0.717, 1.165) is 0 Å². The molecule has 0 aliphatic carbocycles. The monoisotopic (exact) mass is 304 g/mol. The zero-order valence-electron chi connectivity index (χ0n) is 11.4. The van der Waals surface area contributed by atoms with E-state index in [4.69, 9.17) is 4.74 Å². The molecule has 0 fully saturated rings. The number of nitrogens with zero attached hydrogens (tertiary/aromatic N) is 1. The Labute approximate surface area is 119 Å². The van der Waals surface area contributed by atoms with Crippen molar-refractivity contribution in [2.45, 2.75) is 13.0 Å². The molecule has 0 amide bonds. The fraction of sp³-hybridized carbons (Fsp3) is 0.417. The lowest BCUT2D eigenvalue weighted by Crippen LogP contribution is -2.42. The highest BCUT2D eigenvalue weighted by atomic mass is 19.1. The molecule has 0 saturated heterocycles. The first-order chi connectivity index (χ1) is 9.90. The van der Waals surface area contributed by atoms with Crippen molar-refractivity contribution in [1.82, 2.24) is 5.32 Å². The summed E-state index contributed by atoms with van der Waals surface area (Å²) in [7, 11) is 1.18. The quantitative estimate of drug-likeness (QED) is 0.465. The van der Waals surface area contributed by atoms with E-state index in [1.54, 1.807) is 6.92 Å². The van der Waals surface area contributed by atoms with Crippen molar-refractivity contribution >= 4 is 11.7 Å². The Bertz CT molecular complexity index is 539. The Morgan fingerprint density at radius 2 is 2.10 bits per heavy atom. The van der Waals surface area contributed by atoms with Crippen molar-refractivity contribution in [3.63, 3.8) is 0 Å². The topological polar surface area (TPSA) is 90.7 Å². The minimum atomic E-state index is -1.23. The van der Waals surface area contributed by atoms with Crippen molar-refractivity contribution in [1.29, 1.82) is 0 Å². The van der Waals surface area contributed by atoms with Crippen LogP contribution in [0.2, 0.25) is 0 Å². The van der Waals surface area contributed by atoms with Crippen molar-refractivity contribution in [3.8, 4) is 5.75 Å². The maximum Gasteiger partial charge on any atom is 0.326 e. The van der Waals surface area contributed by atoms with Crippen LogP contribution in [0, 0.1) is 21.7 Å². The molecule has 1 aromatic carbocycles. The number of hydrogen-bond donors (Lipinski definition) is 1. The molecule has 1 atom stereocenters. The van der Waals surface area contributed by atoms with Crippen LogP contribution in [-0.4, -0.2) is 37.2 Å².